The minimum atomic E-state index is -0.167. The van der Waals surface area contributed by atoms with Crippen LogP contribution in [-0.2, 0) is 0 Å². The lowest BCUT2D eigenvalue weighted by Gasteiger charge is -2.09. The van der Waals surface area contributed by atoms with Crippen molar-refractivity contribution in [2.45, 2.75) is 19.9 Å². The van der Waals surface area contributed by atoms with Crippen LogP contribution < -0.4 is 5.49 Å². The Balaban J connectivity index is 1.89. The first-order valence-corrected chi connectivity index (χ1v) is 9.97. The molecular formula is C22H20N4OS. The Kier molecular flexibility index (Phi) is 5.04. The zero-order valence-corrected chi connectivity index (χ0v) is 16.5. The zero-order valence-electron chi connectivity index (χ0n) is 15.7. The Bertz CT molecular complexity index is 1150. The minimum absolute atomic E-state index is 0.0853. The van der Waals surface area contributed by atoms with Crippen molar-refractivity contribution in [3.8, 4) is 16.3 Å². The van der Waals surface area contributed by atoms with Crippen LogP contribution in [0.3, 0.4) is 0 Å². The molecule has 0 unspecified atom stereocenters. The quantitative estimate of drug-likeness (QED) is 0.520. The highest BCUT2D eigenvalue weighted by atomic mass is 32.1. The van der Waals surface area contributed by atoms with Gasteiger partial charge < -0.3 is 0 Å². The van der Waals surface area contributed by atoms with Crippen molar-refractivity contribution < 1.29 is 4.79 Å². The Morgan fingerprint density at radius 1 is 1.04 bits per heavy atom. The lowest BCUT2D eigenvalue weighted by Crippen LogP contribution is -2.29. The molecule has 0 spiro atoms. The number of thiophene rings is 1. The van der Waals surface area contributed by atoms with E-state index in [0.717, 1.165) is 16.3 Å². The average molecular weight is 388 g/mol. The van der Waals surface area contributed by atoms with Gasteiger partial charge >= 0.3 is 0 Å². The third-order valence-electron chi connectivity index (χ3n) is 4.15. The molecule has 4 aromatic rings. The van der Waals surface area contributed by atoms with Crippen LogP contribution in [0.1, 0.15) is 24.3 Å². The number of carbonyl (C=O) groups is 1. The van der Waals surface area contributed by atoms with Crippen molar-refractivity contribution >= 4 is 17.2 Å². The van der Waals surface area contributed by atoms with Gasteiger partial charge in [0.15, 0.2) is 0 Å². The van der Waals surface area contributed by atoms with Crippen LogP contribution in [0.5, 0.6) is 0 Å². The first-order valence-electron chi connectivity index (χ1n) is 9.09. The molecule has 5 nitrogen and oxygen atoms in total. The molecule has 0 N–H and O–H groups in total. The van der Waals surface area contributed by atoms with E-state index in [1.807, 2.05) is 86.0 Å². The number of nitrogens with zero attached hydrogens (tertiary/aromatic N) is 4. The van der Waals surface area contributed by atoms with Crippen LogP contribution in [0.15, 0.2) is 83.3 Å². The van der Waals surface area contributed by atoms with Crippen molar-refractivity contribution in [1.82, 2.24) is 14.3 Å². The van der Waals surface area contributed by atoms with Crippen LogP contribution in [0.2, 0.25) is 0 Å². The molecule has 0 saturated heterocycles. The molecule has 6 heteroatoms. The van der Waals surface area contributed by atoms with Crippen LogP contribution in [0.4, 0.5) is 0 Å². The van der Waals surface area contributed by atoms with Gasteiger partial charge in [-0.05, 0) is 55.6 Å². The van der Waals surface area contributed by atoms with E-state index in [-0.39, 0.29) is 11.9 Å². The number of hydrogen-bond donors (Lipinski definition) is 0. The molecule has 3 heterocycles. The second kappa shape index (κ2) is 7.78. The molecule has 0 aliphatic heterocycles. The third kappa shape index (κ3) is 3.59. The van der Waals surface area contributed by atoms with E-state index in [1.165, 1.54) is 0 Å². The average Bonchev–Trinajstić information content (AvgIpc) is 3.38. The maximum absolute atomic E-state index is 13.5. The first-order chi connectivity index (χ1) is 13.6. The Labute approximate surface area is 167 Å². The summed E-state index contributed by atoms with van der Waals surface area (Å²) in [5.74, 6) is -0.167. The number of aromatic nitrogens is 3. The minimum Gasteiger partial charge on any atom is -0.267 e. The molecule has 0 atom stereocenters. The van der Waals surface area contributed by atoms with Gasteiger partial charge in [-0.1, -0.05) is 30.3 Å². The van der Waals surface area contributed by atoms with E-state index in [9.17, 15) is 4.79 Å². The van der Waals surface area contributed by atoms with Gasteiger partial charge in [0, 0.05) is 12.2 Å². The van der Waals surface area contributed by atoms with Gasteiger partial charge in [0.2, 0.25) is 0 Å². The normalized spacial score (nSPS) is 11.9. The van der Waals surface area contributed by atoms with E-state index >= 15 is 0 Å². The second-order valence-corrected chi connectivity index (χ2v) is 7.54. The van der Waals surface area contributed by atoms with Crippen LogP contribution >= 0.6 is 11.3 Å². The van der Waals surface area contributed by atoms with Gasteiger partial charge in [-0.2, -0.15) is 5.10 Å². The van der Waals surface area contributed by atoms with Gasteiger partial charge in [-0.25, -0.2) is 4.68 Å². The molecule has 0 saturated carbocycles. The fourth-order valence-corrected chi connectivity index (χ4v) is 3.62. The summed E-state index contributed by atoms with van der Waals surface area (Å²) in [6, 6.07) is 21.2. The number of benzene rings is 1. The molecular weight excluding hydrogens is 368 g/mol. The van der Waals surface area contributed by atoms with E-state index in [0.29, 0.717) is 11.2 Å². The molecule has 0 radical (unpaired) electrons. The summed E-state index contributed by atoms with van der Waals surface area (Å²) >= 11 is 1.60. The summed E-state index contributed by atoms with van der Waals surface area (Å²) in [5, 5.41) is 6.73. The number of carbonyl (C=O) groups excluding carboxylic acids is 1. The second-order valence-electron chi connectivity index (χ2n) is 6.60. The molecule has 0 bridgehead atoms. The van der Waals surface area contributed by atoms with E-state index < -0.39 is 0 Å². The maximum atomic E-state index is 13.5. The maximum Gasteiger partial charge on any atom is 0.282 e. The van der Waals surface area contributed by atoms with E-state index in [2.05, 4.69) is 4.99 Å². The highest BCUT2D eigenvalue weighted by Crippen LogP contribution is 2.26. The summed E-state index contributed by atoms with van der Waals surface area (Å²) in [4.78, 5) is 19.1. The molecule has 0 aliphatic rings. The Hall–Kier alpha value is -3.25. The van der Waals surface area contributed by atoms with Gasteiger partial charge in [-0.15, -0.1) is 11.3 Å². The van der Waals surface area contributed by atoms with Crippen molar-refractivity contribution in [3.05, 3.63) is 89.5 Å². The number of hydrogen-bond acceptors (Lipinski definition) is 4. The van der Waals surface area contributed by atoms with Crippen molar-refractivity contribution in [2.24, 2.45) is 4.99 Å². The SMILES string of the molecule is CC(C)N=c1ccccn1C(=O)c1cc(-c2cccs2)nn1-c1ccccc1. The summed E-state index contributed by atoms with van der Waals surface area (Å²) in [5.41, 5.74) is 2.74. The van der Waals surface area contributed by atoms with E-state index in [1.54, 1.807) is 26.8 Å². The standard InChI is InChI=1S/C22H20N4OS/c1-16(2)23-21-12-6-7-13-25(21)22(27)19-15-18(20-11-8-14-28-20)24-26(19)17-9-4-3-5-10-17/h3-16H,1-2H3. The molecule has 0 amide bonds. The fraction of sp³-hybridized carbons (Fsp3) is 0.136. The monoisotopic (exact) mass is 388 g/mol. The largest absolute Gasteiger partial charge is 0.282 e. The lowest BCUT2D eigenvalue weighted by molar-refractivity contribution is 0.0947. The van der Waals surface area contributed by atoms with Crippen LogP contribution in [-0.4, -0.2) is 26.3 Å². The van der Waals surface area contributed by atoms with Gasteiger partial charge in [0.1, 0.15) is 16.9 Å². The Morgan fingerprint density at radius 3 is 2.54 bits per heavy atom. The van der Waals surface area contributed by atoms with Crippen LogP contribution in [0, 0.1) is 0 Å². The molecule has 0 fully saturated rings. The molecule has 1 aromatic carbocycles. The Morgan fingerprint density at radius 2 is 1.82 bits per heavy atom. The number of rotatable bonds is 4. The third-order valence-corrected chi connectivity index (χ3v) is 5.04. The summed E-state index contributed by atoms with van der Waals surface area (Å²) in [7, 11) is 0. The molecule has 28 heavy (non-hydrogen) atoms. The highest BCUT2D eigenvalue weighted by Gasteiger charge is 2.19. The molecule has 4 rings (SSSR count). The first kappa shape index (κ1) is 18.1. The topological polar surface area (TPSA) is 52.2 Å². The van der Waals surface area contributed by atoms with Crippen molar-refractivity contribution in [1.29, 1.82) is 0 Å². The van der Waals surface area contributed by atoms with Gasteiger partial charge in [0.25, 0.3) is 5.91 Å². The molecule has 3 aromatic heterocycles. The summed E-state index contributed by atoms with van der Waals surface area (Å²) in [6.45, 7) is 3.98. The summed E-state index contributed by atoms with van der Waals surface area (Å²) < 4.78 is 3.28. The van der Waals surface area contributed by atoms with E-state index in [4.69, 9.17) is 5.10 Å². The molecule has 0 aliphatic carbocycles. The smallest absolute Gasteiger partial charge is 0.267 e. The number of para-hydroxylation sites is 1. The van der Waals surface area contributed by atoms with Crippen LogP contribution in [0.25, 0.3) is 16.3 Å². The summed E-state index contributed by atoms with van der Waals surface area (Å²) in [6.07, 6.45) is 1.75. The highest BCUT2D eigenvalue weighted by molar-refractivity contribution is 7.13. The molecule has 140 valence electrons. The number of pyridine rings is 1. The predicted molar refractivity (Wildman–Crippen MR) is 112 cm³/mol. The fourth-order valence-electron chi connectivity index (χ4n) is 2.94. The van der Waals surface area contributed by atoms with Gasteiger partial charge in [0.05, 0.1) is 10.6 Å². The predicted octanol–water partition coefficient (Wildman–Crippen LogP) is 4.40. The van der Waals surface area contributed by atoms with Crippen molar-refractivity contribution in [3.63, 3.8) is 0 Å². The van der Waals surface area contributed by atoms with Crippen molar-refractivity contribution in [2.75, 3.05) is 0 Å². The van der Waals surface area contributed by atoms with Gasteiger partial charge in [-0.3, -0.25) is 14.4 Å². The lowest BCUT2D eigenvalue weighted by atomic mass is 10.2. The zero-order chi connectivity index (χ0) is 19.5.